The molecule has 2 aromatic rings. The topological polar surface area (TPSA) is 39.7 Å². The van der Waals surface area contributed by atoms with Gasteiger partial charge in [-0.15, -0.1) is 0 Å². The van der Waals surface area contributed by atoms with Crippen molar-refractivity contribution in [1.82, 2.24) is 5.32 Å². The lowest BCUT2D eigenvalue weighted by Gasteiger charge is -2.12. The van der Waals surface area contributed by atoms with Gasteiger partial charge in [-0.3, -0.25) is 0 Å². The van der Waals surface area contributed by atoms with Crippen molar-refractivity contribution in [2.24, 2.45) is 0 Å². The summed E-state index contributed by atoms with van der Waals surface area (Å²) in [4.78, 5) is 0. The van der Waals surface area contributed by atoms with Crippen LogP contribution in [0.1, 0.15) is 17.5 Å². The van der Waals surface area contributed by atoms with Crippen LogP contribution in [-0.4, -0.2) is 26.0 Å². The zero-order valence-electron chi connectivity index (χ0n) is 13.1. The number of nitrogens with one attached hydrogen (secondary N) is 1. The van der Waals surface area contributed by atoms with Gasteiger partial charge in [-0.25, -0.2) is 0 Å². The third-order valence-corrected chi connectivity index (χ3v) is 4.42. The van der Waals surface area contributed by atoms with E-state index in [2.05, 4.69) is 29.6 Å². The molecule has 23 heavy (non-hydrogen) atoms. The largest absolute Gasteiger partial charge is 0.489 e. The summed E-state index contributed by atoms with van der Waals surface area (Å²) in [6, 6.07) is 15.0. The van der Waals surface area contributed by atoms with Crippen molar-refractivity contribution in [2.45, 2.75) is 25.3 Å². The van der Waals surface area contributed by atoms with Crippen LogP contribution in [0.25, 0.3) is 0 Å². The maximum Gasteiger partial charge on any atom is 0.231 e. The average molecular weight is 311 g/mol. The molecule has 1 N–H and O–H groups in total. The highest BCUT2D eigenvalue weighted by Crippen LogP contribution is 2.40. The van der Waals surface area contributed by atoms with E-state index in [1.54, 1.807) is 0 Å². The Morgan fingerprint density at radius 3 is 2.65 bits per heavy atom. The molecule has 0 unspecified atom stereocenters. The number of hydrogen-bond donors (Lipinski definition) is 1. The molecule has 4 heteroatoms. The van der Waals surface area contributed by atoms with Crippen molar-refractivity contribution in [3.05, 3.63) is 53.6 Å². The highest BCUT2D eigenvalue weighted by molar-refractivity contribution is 5.52. The van der Waals surface area contributed by atoms with Gasteiger partial charge in [0.25, 0.3) is 0 Å². The highest BCUT2D eigenvalue weighted by atomic mass is 16.7. The normalized spacial score (nSPS) is 15.7. The summed E-state index contributed by atoms with van der Waals surface area (Å²) in [5.41, 5.74) is 2.97. The van der Waals surface area contributed by atoms with Gasteiger partial charge in [0.2, 0.25) is 12.5 Å². The molecule has 0 amide bonds. The molecule has 0 spiro atoms. The van der Waals surface area contributed by atoms with E-state index in [0.29, 0.717) is 12.6 Å². The predicted octanol–water partition coefficient (Wildman–Crippen LogP) is 2.94. The van der Waals surface area contributed by atoms with Crippen LogP contribution in [0.4, 0.5) is 0 Å². The number of para-hydroxylation sites is 1. The van der Waals surface area contributed by atoms with Crippen LogP contribution in [0.5, 0.6) is 17.2 Å². The smallest absolute Gasteiger partial charge is 0.231 e. The first-order valence-corrected chi connectivity index (χ1v) is 8.22. The zero-order chi connectivity index (χ0) is 15.5. The van der Waals surface area contributed by atoms with Gasteiger partial charge < -0.3 is 19.5 Å². The fourth-order valence-electron chi connectivity index (χ4n) is 3.28. The van der Waals surface area contributed by atoms with E-state index in [4.69, 9.17) is 14.2 Å². The van der Waals surface area contributed by atoms with Crippen molar-refractivity contribution in [1.29, 1.82) is 0 Å². The number of hydrogen-bond acceptors (Lipinski definition) is 4. The number of fused-ring (bicyclic) bond motifs is 2. The van der Waals surface area contributed by atoms with Gasteiger partial charge in [0.15, 0.2) is 11.5 Å². The highest BCUT2D eigenvalue weighted by Gasteiger charge is 2.20. The Bertz CT molecular complexity index is 661. The monoisotopic (exact) mass is 311 g/mol. The number of benzene rings is 2. The minimum absolute atomic E-state index is 0.277. The van der Waals surface area contributed by atoms with Crippen LogP contribution >= 0.6 is 0 Å². The van der Waals surface area contributed by atoms with Crippen molar-refractivity contribution in [3.63, 3.8) is 0 Å². The second kappa shape index (κ2) is 6.50. The number of rotatable bonds is 6. The molecule has 0 bridgehead atoms. The van der Waals surface area contributed by atoms with Crippen molar-refractivity contribution < 1.29 is 14.2 Å². The van der Waals surface area contributed by atoms with Gasteiger partial charge in [0.1, 0.15) is 0 Å². The molecular weight excluding hydrogens is 290 g/mol. The van der Waals surface area contributed by atoms with E-state index in [9.17, 15) is 0 Å². The van der Waals surface area contributed by atoms with Crippen LogP contribution in [-0.2, 0) is 12.8 Å². The molecule has 2 aliphatic rings. The van der Waals surface area contributed by atoms with Gasteiger partial charge in [0, 0.05) is 6.04 Å². The molecule has 1 aliphatic heterocycles. The van der Waals surface area contributed by atoms with E-state index in [-0.39, 0.29) is 6.79 Å². The molecule has 4 rings (SSSR count). The van der Waals surface area contributed by atoms with E-state index in [0.717, 1.165) is 43.1 Å². The third-order valence-electron chi connectivity index (χ3n) is 4.42. The van der Waals surface area contributed by atoms with E-state index < -0.39 is 0 Å². The molecule has 2 aromatic carbocycles. The minimum atomic E-state index is 0.277. The van der Waals surface area contributed by atoms with Gasteiger partial charge >= 0.3 is 0 Å². The van der Waals surface area contributed by atoms with E-state index in [1.165, 1.54) is 11.1 Å². The standard InChI is InChI=1S/C19H21NO3/c1-2-6-15-12-16(11-14(15)5-1)20-9-4-10-21-17-7-3-8-18-19(17)23-13-22-18/h1-3,5-8,16,20H,4,9-13H2. The lowest BCUT2D eigenvalue weighted by atomic mass is 10.1. The average Bonchev–Trinajstić information content (AvgIpc) is 3.21. The second-order valence-corrected chi connectivity index (χ2v) is 6.02. The second-order valence-electron chi connectivity index (χ2n) is 6.02. The lowest BCUT2D eigenvalue weighted by Crippen LogP contribution is -2.31. The first-order valence-electron chi connectivity index (χ1n) is 8.22. The van der Waals surface area contributed by atoms with Gasteiger partial charge in [-0.05, 0) is 49.1 Å². The molecule has 120 valence electrons. The molecule has 0 atom stereocenters. The maximum atomic E-state index is 5.83. The van der Waals surface area contributed by atoms with Crippen molar-refractivity contribution in [2.75, 3.05) is 19.9 Å². The fraction of sp³-hybridized carbons (Fsp3) is 0.368. The molecule has 0 saturated heterocycles. The van der Waals surface area contributed by atoms with E-state index >= 15 is 0 Å². The molecular formula is C19H21NO3. The summed E-state index contributed by atoms with van der Waals surface area (Å²) >= 11 is 0. The zero-order valence-corrected chi connectivity index (χ0v) is 13.1. The van der Waals surface area contributed by atoms with Gasteiger partial charge in [-0.1, -0.05) is 30.3 Å². The quantitative estimate of drug-likeness (QED) is 0.833. The Labute approximate surface area is 136 Å². The molecule has 4 nitrogen and oxygen atoms in total. The Morgan fingerprint density at radius 2 is 1.83 bits per heavy atom. The SMILES string of the molecule is c1ccc2c(c1)CC(NCCCOc1cccc3c1OCO3)C2. The molecule has 0 radical (unpaired) electrons. The third kappa shape index (κ3) is 3.13. The molecule has 1 aliphatic carbocycles. The molecule has 0 fully saturated rings. The Hall–Kier alpha value is -2.20. The predicted molar refractivity (Wildman–Crippen MR) is 88.3 cm³/mol. The van der Waals surface area contributed by atoms with Crippen molar-refractivity contribution >= 4 is 0 Å². The van der Waals surface area contributed by atoms with Crippen LogP contribution in [0.3, 0.4) is 0 Å². The van der Waals surface area contributed by atoms with Crippen LogP contribution in [0.2, 0.25) is 0 Å². The Morgan fingerprint density at radius 1 is 1.00 bits per heavy atom. The van der Waals surface area contributed by atoms with Crippen LogP contribution in [0.15, 0.2) is 42.5 Å². The van der Waals surface area contributed by atoms with Crippen LogP contribution in [0, 0.1) is 0 Å². The Balaban J connectivity index is 1.20. The first kappa shape index (κ1) is 14.4. The summed E-state index contributed by atoms with van der Waals surface area (Å²) in [5, 5.41) is 3.63. The summed E-state index contributed by atoms with van der Waals surface area (Å²) in [6.07, 6.45) is 3.24. The molecule has 0 saturated carbocycles. The lowest BCUT2D eigenvalue weighted by molar-refractivity contribution is 0.169. The summed E-state index contributed by atoms with van der Waals surface area (Å²) < 4.78 is 16.6. The molecule has 0 aromatic heterocycles. The molecule has 1 heterocycles. The first-order chi connectivity index (χ1) is 11.4. The van der Waals surface area contributed by atoms with Gasteiger partial charge in [0.05, 0.1) is 6.61 Å². The number of ether oxygens (including phenoxy) is 3. The summed E-state index contributed by atoms with van der Waals surface area (Å²) in [6.45, 7) is 1.91. The summed E-state index contributed by atoms with van der Waals surface area (Å²) in [7, 11) is 0. The fourth-order valence-corrected chi connectivity index (χ4v) is 3.28. The summed E-state index contributed by atoms with van der Waals surface area (Å²) in [5.74, 6) is 2.27. The Kier molecular flexibility index (Phi) is 4.07. The van der Waals surface area contributed by atoms with Gasteiger partial charge in [-0.2, -0.15) is 0 Å². The van der Waals surface area contributed by atoms with E-state index in [1.807, 2.05) is 18.2 Å². The maximum absolute atomic E-state index is 5.83. The minimum Gasteiger partial charge on any atom is -0.489 e. The van der Waals surface area contributed by atoms with Crippen molar-refractivity contribution in [3.8, 4) is 17.2 Å². The van der Waals surface area contributed by atoms with Crippen LogP contribution < -0.4 is 19.5 Å².